The van der Waals surface area contributed by atoms with E-state index >= 15 is 0 Å². The number of likely N-dealkylation sites (tertiary alicyclic amines) is 1. The van der Waals surface area contributed by atoms with Crippen molar-refractivity contribution < 1.29 is 0 Å². The predicted octanol–water partition coefficient (Wildman–Crippen LogP) is 2.29. The molecule has 2 rings (SSSR count). The summed E-state index contributed by atoms with van der Waals surface area (Å²) in [5.74, 6) is 1.86. The van der Waals surface area contributed by atoms with Gasteiger partial charge in [-0.1, -0.05) is 0 Å². The molecule has 1 fully saturated rings. The Hall–Kier alpha value is -1.13. The molecule has 0 spiro atoms. The lowest BCUT2D eigenvalue weighted by molar-refractivity contribution is 0.157. The third kappa shape index (κ3) is 4.76. The van der Waals surface area contributed by atoms with E-state index in [0.29, 0.717) is 0 Å². The maximum Gasteiger partial charge on any atom is 0.126 e. The third-order valence-corrected chi connectivity index (χ3v) is 3.92. The lowest BCUT2D eigenvalue weighted by Gasteiger charge is -2.33. The maximum absolute atomic E-state index is 4.33. The zero-order chi connectivity index (χ0) is 14.4. The van der Waals surface area contributed by atoms with Gasteiger partial charge in [0.2, 0.25) is 0 Å². The monoisotopic (exact) mass is 276 g/mol. The Morgan fingerprint density at radius 2 is 2.10 bits per heavy atom. The molecule has 4 nitrogen and oxygen atoms in total. The summed E-state index contributed by atoms with van der Waals surface area (Å²) >= 11 is 0. The lowest BCUT2D eigenvalue weighted by Crippen LogP contribution is -2.36. The minimum absolute atomic E-state index is 0.871. The summed E-state index contributed by atoms with van der Waals surface area (Å²) < 4.78 is 0. The molecule has 20 heavy (non-hydrogen) atoms. The number of rotatable bonds is 6. The van der Waals surface area contributed by atoms with Crippen molar-refractivity contribution in [2.75, 3.05) is 45.6 Å². The Bertz CT molecular complexity index is 397. The molecular weight excluding hydrogens is 248 g/mol. The molecule has 112 valence electrons. The van der Waals surface area contributed by atoms with Crippen molar-refractivity contribution >= 4 is 5.82 Å². The summed E-state index contributed by atoms with van der Waals surface area (Å²) in [7, 11) is 4.34. The Morgan fingerprint density at radius 3 is 2.75 bits per heavy atom. The first-order valence-electron chi connectivity index (χ1n) is 7.73. The van der Waals surface area contributed by atoms with Gasteiger partial charge in [0.15, 0.2) is 0 Å². The van der Waals surface area contributed by atoms with Gasteiger partial charge in [-0.05, 0) is 70.6 Å². The number of nitrogens with one attached hydrogen (secondary N) is 1. The van der Waals surface area contributed by atoms with Crippen molar-refractivity contribution in [1.29, 1.82) is 0 Å². The fourth-order valence-corrected chi connectivity index (χ4v) is 2.95. The third-order valence-electron chi connectivity index (χ3n) is 3.92. The van der Waals surface area contributed by atoms with Crippen molar-refractivity contribution in [1.82, 2.24) is 14.8 Å². The van der Waals surface area contributed by atoms with Crippen LogP contribution in [0.3, 0.4) is 0 Å². The molecule has 1 aromatic rings. The number of nitrogens with zero attached hydrogens (tertiary/aromatic N) is 3. The Kier molecular flexibility index (Phi) is 5.80. The highest BCUT2D eigenvalue weighted by Crippen LogP contribution is 2.20. The van der Waals surface area contributed by atoms with Gasteiger partial charge in [-0.15, -0.1) is 0 Å². The molecule has 0 unspecified atom stereocenters. The van der Waals surface area contributed by atoms with Crippen LogP contribution >= 0.6 is 0 Å². The van der Waals surface area contributed by atoms with E-state index in [4.69, 9.17) is 0 Å². The van der Waals surface area contributed by atoms with Crippen molar-refractivity contribution in [3.8, 4) is 0 Å². The highest BCUT2D eigenvalue weighted by molar-refractivity contribution is 5.37. The van der Waals surface area contributed by atoms with Gasteiger partial charge < -0.3 is 10.2 Å². The molecule has 0 saturated carbocycles. The molecule has 0 atom stereocenters. The van der Waals surface area contributed by atoms with E-state index in [1.165, 1.54) is 38.0 Å². The second-order valence-corrected chi connectivity index (χ2v) is 6.06. The first kappa shape index (κ1) is 15.3. The van der Waals surface area contributed by atoms with Crippen LogP contribution in [0.15, 0.2) is 18.3 Å². The van der Waals surface area contributed by atoms with Crippen molar-refractivity contribution in [3.05, 3.63) is 23.9 Å². The topological polar surface area (TPSA) is 31.4 Å². The predicted molar refractivity (Wildman–Crippen MR) is 85.0 cm³/mol. The van der Waals surface area contributed by atoms with Crippen molar-refractivity contribution in [3.63, 3.8) is 0 Å². The summed E-state index contributed by atoms with van der Waals surface area (Å²) in [5, 5.41) is 3.28. The van der Waals surface area contributed by atoms with Gasteiger partial charge >= 0.3 is 0 Å². The van der Waals surface area contributed by atoms with Crippen LogP contribution in [-0.4, -0.2) is 55.1 Å². The number of anilines is 1. The zero-order valence-corrected chi connectivity index (χ0v) is 13.1. The smallest absolute Gasteiger partial charge is 0.126 e. The summed E-state index contributed by atoms with van der Waals surface area (Å²) in [6.45, 7) is 7.74. The van der Waals surface area contributed by atoms with Crippen LogP contribution in [0.25, 0.3) is 0 Å². The van der Waals surface area contributed by atoms with Gasteiger partial charge in [-0.25, -0.2) is 4.98 Å². The Balaban J connectivity index is 1.81. The fraction of sp³-hybridized carbons (Fsp3) is 0.688. The quantitative estimate of drug-likeness (QED) is 0.864. The summed E-state index contributed by atoms with van der Waals surface area (Å²) in [6, 6.07) is 4.31. The van der Waals surface area contributed by atoms with Crippen LogP contribution in [0.5, 0.6) is 0 Å². The van der Waals surface area contributed by atoms with E-state index in [0.717, 1.165) is 24.8 Å². The van der Waals surface area contributed by atoms with E-state index in [-0.39, 0.29) is 0 Å². The van der Waals surface area contributed by atoms with Crippen LogP contribution in [-0.2, 0) is 6.54 Å². The van der Waals surface area contributed by atoms with Gasteiger partial charge in [-0.2, -0.15) is 0 Å². The van der Waals surface area contributed by atoms with E-state index < -0.39 is 0 Å². The van der Waals surface area contributed by atoms with Crippen LogP contribution < -0.4 is 5.32 Å². The normalized spacial score (nSPS) is 17.6. The molecule has 2 heterocycles. The van der Waals surface area contributed by atoms with Gasteiger partial charge in [0.05, 0.1) is 0 Å². The molecule has 1 N–H and O–H groups in total. The lowest BCUT2D eigenvalue weighted by atomic mass is 9.96. The minimum Gasteiger partial charge on any atom is -0.370 e. The van der Waals surface area contributed by atoms with Crippen molar-refractivity contribution in [2.24, 2.45) is 5.92 Å². The minimum atomic E-state index is 0.871. The molecule has 4 heteroatoms. The standard InChI is InChI=1S/C16H28N4/c1-4-17-16-11-15(5-8-18-16)13-20-9-6-14(7-10-20)12-19(2)3/h5,8,11,14H,4,6-7,9-10,12-13H2,1-3H3,(H,17,18). The average molecular weight is 276 g/mol. The van der Waals surface area contributed by atoms with Crippen LogP contribution in [0, 0.1) is 5.92 Å². The molecule has 0 aromatic carbocycles. The molecule has 0 aliphatic carbocycles. The number of pyridine rings is 1. The molecule has 1 saturated heterocycles. The molecular formula is C16H28N4. The average Bonchev–Trinajstić information content (AvgIpc) is 2.41. The highest BCUT2D eigenvalue weighted by Gasteiger charge is 2.19. The van der Waals surface area contributed by atoms with Crippen LogP contribution in [0.4, 0.5) is 5.82 Å². The fourth-order valence-electron chi connectivity index (χ4n) is 2.95. The number of hydrogen-bond donors (Lipinski definition) is 1. The Labute approximate surface area is 123 Å². The van der Waals surface area contributed by atoms with Gasteiger partial charge in [0, 0.05) is 25.8 Å². The second kappa shape index (κ2) is 7.60. The molecule has 0 amide bonds. The molecule has 0 radical (unpaired) electrons. The van der Waals surface area contributed by atoms with Gasteiger partial charge in [0.25, 0.3) is 0 Å². The summed E-state index contributed by atoms with van der Waals surface area (Å²) in [6.07, 6.45) is 4.55. The van der Waals surface area contributed by atoms with Crippen molar-refractivity contribution in [2.45, 2.75) is 26.3 Å². The van der Waals surface area contributed by atoms with Gasteiger partial charge in [0.1, 0.15) is 5.82 Å². The first-order valence-corrected chi connectivity index (χ1v) is 7.73. The van der Waals surface area contributed by atoms with Gasteiger partial charge in [-0.3, -0.25) is 4.90 Å². The molecule has 1 aliphatic heterocycles. The zero-order valence-electron chi connectivity index (χ0n) is 13.1. The molecule has 0 bridgehead atoms. The van der Waals surface area contributed by atoms with E-state index in [2.05, 4.69) is 53.3 Å². The maximum atomic E-state index is 4.33. The summed E-state index contributed by atoms with van der Waals surface area (Å²) in [5.41, 5.74) is 1.36. The SMILES string of the molecule is CCNc1cc(CN2CCC(CN(C)C)CC2)ccn1. The molecule has 1 aromatic heterocycles. The van der Waals surface area contributed by atoms with Crippen LogP contribution in [0.1, 0.15) is 25.3 Å². The summed E-state index contributed by atoms with van der Waals surface area (Å²) in [4.78, 5) is 9.21. The number of aromatic nitrogens is 1. The van der Waals surface area contributed by atoms with E-state index in [1.54, 1.807) is 0 Å². The van der Waals surface area contributed by atoms with E-state index in [9.17, 15) is 0 Å². The number of hydrogen-bond acceptors (Lipinski definition) is 4. The second-order valence-electron chi connectivity index (χ2n) is 6.06. The largest absolute Gasteiger partial charge is 0.370 e. The van der Waals surface area contributed by atoms with Crippen LogP contribution in [0.2, 0.25) is 0 Å². The Morgan fingerprint density at radius 1 is 1.35 bits per heavy atom. The molecule has 1 aliphatic rings. The highest BCUT2D eigenvalue weighted by atomic mass is 15.1. The van der Waals surface area contributed by atoms with E-state index in [1.807, 2.05) is 6.20 Å². The number of piperidine rings is 1. The first-order chi connectivity index (χ1) is 9.67.